The van der Waals surface area contributed by atoms with E-state index in [4.69, 9.17) is 0 Å². The molecule has 5 nitrogen and oxygen atoms in total. The van der Waals surface area contributed by atoms with E-state index in [1.807, 2.05) is 0 Å². The third kappa shape index (κ3) is 4.06. The Morgan fingerprint density at radius 3 is 2.48 bits per heavy atom. The lowest BCUT2D eigenvalue weighted by Gasteiger charge is -2.09. The zero-order valence-corrected chi connectivity index (χ0v) is 12.3. The zero-order valence-electron chi connectivity index (χ0n) is 11.4. The highest BCUT2D eigenvalue weighted by molar-refractivity contribution is 7.92. The molecule has 2 aromatic rings. The summed E-state index contributed by atoms with van der Waals surface area (Å²) in [5, 5.41) is 0. The second-order valence-electron chi connectivity index (χ2n) is 4.37. The van der Waals surface area contributed by atoms with Gasteiger partial charge in [-0.1, -0.05) is 30.3 Å². The van der Waals surface area contributed by atoms with Crippen molar-refractivity contribution < 1.29 is 17.9 Å². The van der Waals surface area contributed by atoms with Gasteiger partial charge in [-0.05, 0) is 29.8 Å². The Hall–Kier alpha value is -2.34. The summed E-state index contributed by atoms with van der Waals surface area (Å²) >= 11 is 0. The van der Waals surface area contributed by atoms with E-state index in [0.29, 0.717) is 11.3 Å². The average molecular weight is 305 g/mol. The highest BCUT2D eigenvalue weighted by atomic mass is 32.2. The topological polar surface area (TPSA) is 72.5 Å². The molecule has 0 saturated carbocycles. The summed E-state index contributed by atoms with van der Waals surface area (Å²) in [5.41, 5.74) is 1.06. The van der Waals surface area contributed by atoms with E-state index in [9.17, 15) is 13.2 Å². The second-order valence-corrected chi connectivity index (χ2v) is 6.05. The van der Waals surface area contributed by atoms with Crippen LogP contribution >= 0.6 is 0 Å². The molecule has 0 amide bonds. The van der Waals surface area contributed by atoms with E-state index in [-0.39, 0.29) is 11.3 Å². The molecular weight excluding hydrogens is 290 g/mol. The molecule has 0 radical (unpaired) electrons. The summed E-state index contributed by atoms with van der Waals surface area (Å²) in [6.45, 7) is 0. The van der Waals surface area contributed by atoms with Crippen LogP contribution in [0.2, 0.25) is 0 Å². The molecule has 0 unspecified atom stereocenters. The second kappa shape index (κ2) is 6.41. The number of hydrogen-bond donors (Lipinski definition) is 1. The normalized spacial score (nSPS) is 10.9. The molecule has 6 heteroatoms. The average Bonchev–Trinajstić information content (AvgIpc) is 2.48. The number of ether oxygens (including phenoxy) is 1. The first kappa shape index (κ1) is 15.1. The predicted octanol–water partition coefficient (Wildman–Crippen LogP) is 2.20. The van der Waals surface area contributed by atoms with Crippen molar-refractivity contribution in [2.75, 3.05) is 11.8 Å². The third-order valence-corrected chi connectivity index (χ3v) is 4.19. The van der Waals surface area contributed by atoms with Crippen molar-refractivity contribution in [1.82, 2.24) is 0 Å². The molecule has 0 spiro atoms. The summed E-state index contributed by atoms with van der Waals surface area (Å²) in [6.07, 6.45) is 0.0329. The number of benzene rings is 2. The van der Waals surface area contributed by atoms with E-state index in [2.05, 4.69) is 9.46 Å². The number of hydrogen-bond acceptors (Lipinski definition) is 4. The molecule has 0 aliphatic rings. The van der Waals surface area contributed by atoms with Gasteiger partial charge in [0.15, 0.2) is 0 Å². The number of para-hydroxylation sites is 1. The van der Waals surface area contributed by atoms with Gasteiger partial charge < -0.3 is 4.74 Å². The molecule has 0 aliphatic carbocycles. The van der Waals surface area contributed by atoms with Crippen LogP contribution in [-0.4, -0.2) is 21.5 Å². The Balaban J connectivity index is 2.24. The Morgan fingerprint density at radius 1 is 1.10 bits per heavy atom. The van der Waals surface area contributed by atoms with Crippen molar-refractivity contribution >= 4 is 21.7 Å². The van der Waals surface area contributed by atoms with Crippen LogP contribution in [-0.2, 0) is 26.0 Å². The third-order valence-electron chi connectivity index (χ3n) is 2.81. The van der Waals surface area contributed by atoms with Crippen molar-refractivity contribution in [2.24, 2.45) is 0 Å². The summed E-state index contributed by atoms with van der Waals surface area (Å²) in [6, 6.07) is 14.8. The van der Waals surface area contributed by atoms with Crippen molar-refractivity contribution in [3.05, 3.63) is 60.2 Å². The van der Waals surface area contributed by atoms with E-state index in [0.717, 1.165) is 0 Å². The van der Waals surface area contributed by atoms with Gasteiger partial charge in [0, 0.05) is 5.69 Å². The van der Waals surface area contributed by atoms with Crippen molar-refractivity contribution in [3.63, 3.8) is 0 Å². The number of esters is 1. The zero-order chi connectivity index (χ0) is 15.3. The first-order valence-corrected chi connectivity index (χ1v) is 7.73. The number of carbonyl (C=O) groups excluding carboxylic acids is 1. The quantitative estimate of drug-likeness (QED) is 0.860. The lowest BCUT2D eigenvalue weighted by atomic mass is 10.1. The summed E-state index contributed by atoms with van der Waals surface area (Å²) in [7, 11) is -2.39. The minimum absolute atomic E-state index is 0.0329. The summed E-state index contributed by atoms with van der Waals surface area (Å²) < 4.78 is 31.6. The maximum Gasteiger partial charge on any atom is 0.309 e. The number of carbonyl (C=O) groups is 1. The highest BCUT2D eigenvalue weighted by Gasteiger charge is 2.15. The number of methoxy groups -OCH3 is 1. The molecule has 2 rings (SSSR count). The summed E-state index contributed by atoms with van der Waals surface area (Å²) in [5.74, 6) is -0.416. The van der Waals surface area contributed by atoms with Gasteiger partial charge in [0.25, 0.3) is 10.0 Å². The molecule has 1 N–H and O–H groups in total. The number of nitrogens with one attached hydrogen (secondary N) is 1. The minimum atomic E-state index is -3.68. The molecular formula is C15H15NO4S. The number of sulfonamides is 1. The molecule has 21 heavy (non-hydrogen) atoms. The smallest absolute Gasteiger partial charge is 0.309 e. The van der Waals surface area contributed by atoms with Gasteiger partial charge in [0.1, 0.15) is 0 Å². The Labute approximate surface area is 123 Å². The monoisotopic (exact) mass is 305 g/mol. The first-order chi connectivity index (χ1) is 10.0. The van der Waals surface area contributed by atoms with Crippen LogP contribution in [0.25, 0.3) is 0 Å². The number of anilines is 1. The molecule has 0 atom stereocenters. The van der Waals surface area contributed by atoms with E-state index in [1.54, 1.807) is 42.5 Å². The van der Waals surface area contributed by atoms with Gasteiger partial charge in [-0.2, -0.15) is 0 Å². The maximum atomic E-state index is 12.3. The predicted molar refractivity (Wildman–Crippen MR) is 79.4 cm³/mol. The highest BCUT2D eigenvalue weighted by Crippen LogP contribution is 2.17. The SMILES string of the molecule is COC(=O)Cc1cccc(S(=O)(=O)Nc2ccccc2)c1. The lowest BCUT2D eigenvalue weighted by Crippen LogP contribution is -2.13. The van der Waals surface area contributed by atoms with Crippen LogP contribution in [0.5, 0.6) is 0 Å². The fourth-order valence-electron chi connectivity index (χ4n) is 1.78. The van der Waals surface area contributed by atoms with Gasteiger partial charge in [0.05, 0.1) is 18.4 Å². The van der Waals surface area contributed by atoms with Gasteiger partial charge in [-0.3, -0.25) is 9.52 Å². The van der Waals surface area contributed by atoms with Crippen LogP contribution in [0, 0.1) is 0 Å². The van der Waals surface area contributed by atoms with Crippen LogP contribution in [0.4, 0.5) is 5.69 Å². The van der Waals surface area contributed by atoms with E-state index < -0.39 is 16.0 Å². The lowest BCUT2D eigenvalue weighted by molar-refractivity contribution is -0.139. The Kier molecular flexibility index (Phi) is 4.59. The van der Waals surface area contributed by atoms with Crippen LogP contribution in [0.15, 0.2) is 59.5 Å². The minimum Gasteiger partial charge on any atom is -0.469 e. The van der Waals surface area contributed by atoms with Crippen molar-refractivity contribution in [3.8, 4) is 0 Å². The molecule has 2 aromatic carbocycles. The molecule has 0 saturated heterocycles. The molecule has 0 heterocycles. The fourth-order valence-corrected chi connectivity index (χ4v) is 2.91. The summed E-state index contributed by atoms with van der Waals surface area (Å²) in [4.78, 5) is 11.4. The molecule has 0 aliphatic heterocycles. The van der Waals surface area contributed by atoms with Crippen LogP contribution < -0.4 is 4.72 Å². The van der Waals surface area contributed by atoms with Gasteiger partial charge in [0.2, 0.25) is 0 Å². The standard InChI is InChI=1S/C15H15NO4S/c1-20-15(17)11-12-6-5-9-14(10-12)21(18,19)16-13-7-3-2-4-8-13/h2-10,16H,11H2,1H3. The van der Waals surface area contributed by atoms with E-state index >= 15 is 0 Å². The van der Waals surface area contributed by atoms with Gasteiger partial charge >= 0.3 is 5.97 Å². The van der Waals surface area contributed by atoms with Crippen LogP contribution in [0.3, 0.4) is 0 Å². The van der Waals surface area contributed by atoms with Gasteiger partial charge in [-0.15, -0.1) is 0 Å². The van der Waals surface area contributed by atoms with Crippen molar-refractivity contribution in [1.29, 1.82) is 0 Å². The Morgan fingerprint density at radius 2 is 1.81 bits per heavy atom. The van der Waals surface area contributed by atoms with Crippen molar-refractivity contribution in [2.45, 2.75) is 11.3 Å². The van der Waals surface area contributed by atoms with E-state index in [1.165, 1.54) is 19.2 Å². The molecule has 0 aromatic heterocycles. The van der Waals surface area contributed by atoms with Crippen LogP contribution in [0.1, 0.15) is 5.56 Å². The molecule has 0 bridgehead atoms. The largest absolute Gasteiger partial charge is 0.469 e. The Bertz CT molecular complexity index is 726. The van der Waals surface area contributed by atoms with Gasteiger partial charge in [-0.25, -0.2) is 8.42 Å². The number of rotatable bonds is 5. The molecule has 110 valence electrons. The molecule has 0 fully saturated rings. The fraction of sp³-hybridized carbons (Fsp3) is 0.133. The first-order valence-electron chi connectivity index (χ1n) is 6.25. The maximum absolute atomic E-state index is 12.3.